The van der Waals surface area contributed by atoms with E-state index in [1.54, 1.807) is 0 Å². The van der Waals surface area contributed by atoms with Crippen molar-refractivity contribution in [1.82, 2.24) is 0 Å². The standard InChI is InChI=1S/C3H5.BrH.3ClH.Hf.Mg.H2N/c1-3-2;;;;;;;/h3H,1-2H2;4*1H;;;1H2/q;;;;;+4;+1;-1/p-4. The third-order valence-electron chi connectivity index (χ3n) is 0.313. The van der Waals surface area contributed by atoms with Crippen LogP contribution >= 0.6 is 12.9 Å². The fraction of sp³-hybridized carbons (Fsp3) is 0.333. The average molecular weight is 446 g/mol. The van der Waals surface area contributed by atoms with Gasteiger partial charge in [0.05, 0.1) is 0 Å². The molecule has 1 nitrogen and oxygen atoms in total. The second-order valence-electron chi connectivity index (χ2n) is 0.766. The number of hydrogen-bond acceptors (Lipinski definition) is 1. The quantitative estimate of drug-likeness (QED) is 0.331. The first-order chi connectivity index (χ1) is 3.41. The van der Waals surface area contributed by atoms with Crippen LogP contribution in [-0.2, 0) is 24.7 Å². The van der Waals surface area contributed by atoms with E-state index in [2.05, 4.69) is 23.2 Å². The molecule has 0 unspecified atom stereocenters. The first kappa shape index (κ1) is 29.3. The van der Waals surface area contributed by atoms with Gasteiger partial charge in [-0.1, -0.05) is 0 Å². The molecule has 0 aromatic carbocycles. The number of rotatable bonds is 2. The van der Waals surface area contributed by atoms with Crippen molar-refractivity contribution < 1.29 is 61.9 Å². The molecule has 0 fully saturated rings. The maximum atomic E-state index is 4.64. The topological polar surface area (TPSA) is 26.0 Å². The summed E-state index contributed by atoms with van der Waals surface area (Å²) in [7, 11) is 0. The summed E-state index contributed by atoms with van der Waals surface area (Å²) < 4.78 is 5.85. The van der Waals surface area contributed by atoms with Crippen LogP contribution in [0.25, 0.3) is 0 Å². The summed E-state index contributed by atoms with van der Waals surface area (Å²) in [6, 6.07) is 0. The summed E-state index contributed by atoms with van der Waals surface area (Å²) in [6.45, 7) is 3.56. The predicted octanol–water partition coefficient (Wildman–Crippen LogP) is -7.98. The van der Waals surface area contributed by atoms with Crippen LogP contribution in [0.15, 0.2) is 12.7 Å². The Kier molecular flexibility index (Phi) is 121. The zero-order valence-corrected chi connectivity index (χ0v) is 14.1. The fourth-order valence-corrected chi connectivity index (χ4v) is 1.20. The van der Waals surface area contributed by atoms with E-state index in [1.807, 2.05) is 6.08 Å². The van der Waals surface area contributed by atoms with Crippen LogP contribution in [0.2, 0.25) is 4.55 Å². The maximum absolute atomic E-state index is 4.64. The summed E-state index contributed by atoms with van der Waals surface area (Å²) >= 11 is 4.29. The molecule has 10 heavy (non-hydrogen) atoms. The van der Waals surface area contributed by atoms with Crippen molar-refractivity contribution in [3.8, 4) is 0 Å². The molecule has 0 heterocycles. The van der Waals surface area contributed by atoms with Crippen LogP contribution in [0.5, 0.6) is 0 Å². The predicted molar refractivity (Wildman–Crippen MR) is 33.9 cm³/mol. The summed E-state index contributed by atoms with van der Waals surface area (Å²) in [5.41, 5.74) is 0. The number of hydrogen-bond donors (Lipinski definition) is 1. The normalized spacial score (nSPS) is 3.60. The molecule has 7 heteroatoms. The van der Waals surface area contributed by atoms with E-state index in [-0.39, 0.29) is 55.4 Å². The van der Waals surface area contributed by atoms with Gasteiger partial charge in [-0.3, -0.25) is 0 Å². The Morgan fingerprint density at radius 1 is 1.40 bits per heavy atom. The van der Waals surface area contributed by atoms with E-state index in [0.29, 0.717) is 0 Å². The molecule has 0 atom stereocenters. The Morgan fingerprint density at radius 2 is 1.70 bits per heavy atom. The van der Waals surface area contributed by atoms with Crippen molar-refractivity contribution in [1.29, 1.82) is 0 Å². The van der Waals surface area contributed by atoms with E-state index < -0.39 is 0 Å². The van der Waals surface area contributed by atoms with Gasteiger partial charge in [-0.25, -0.2) is 0 Å². The molecule has 58 valence electrons. The van der Waals surface area contributed by atoms with Crippen molar-refractivity contribution in [2.24, 2.45) is 3.72 Å². The first-order valence-electron chi connectivity index (χ1n) is 1.87. The SMILES string of the molecule is C=C[CH2][Mg][Br].[Cl-].[Cl-].[Cl-].[NH2][Hf+3]. The Labute approximate surface area is 112 Å². The Hall–Kier alpha value is 2.69. The molecule has 0 aliphatic heterocycles. The summed E-state index contributed by atoms with van der Waals surface area (Å²) in [6.07, 6.45) is 1.95. The van der Waals surface area contributed by atoms with E-state index in [4.69, 9.17) is 0 Å². The van der Waals surface area contributed by atoms with Crippen LogP contribution in [0.1, 0.15) is 0 Å². The van der Waals surface area contributed by atoms with Crippen LogP contribution in [0, 0.1) is 0 Å². The van der Waals surface area contributed by atoms with Gasteiger partial charge in [0.2, 0.25) is 0 Å². The third kappa shape index (κ3) is 45.7. The summed E-state index contributed by atoms with van der Waals surface area (Å²) in [4.78, 5) is 0. The molecule has 2 N–H and O–H groups in total. The monoisotopic (exact) mass is 445 g/mol. The van der Waals surface area contributed by atoms with Gasteiger partial charge in [-0.05, 0) is 0 Å². The minimum absolute atomic E-state index is 0. The molecule has 0 aromatic rings. The van der Waals surface area contributed by atoms with Gasteiger partial charge in [-0.15, -0.1) is 17.2 Å². The molecule has 0 rings (SSSR count). The molecule has 0 aliphatic carbocycles. The van der Waals surface area contributed by atoms with Gasteiger partial charge in [0.25, 0.3) is 0 Å². The van der Waals surface area contributed by atoms with Crippen LogP contribution < -0.4 is 40.9 Å². The van der Waals surface area contributed by atoms with E-state index in [0.717, 1.165) is 24.7 Å². The van der Waals surface area contributed by atoms with Gasteiger partial charge in [-0.2, -0.15) is 0 Å². The molecular weight excluding hydrogens is 439 g/mol. The van der Waals surface area contributed by atoms with Gasteiger partial charge in [0.15, 0.2) is 0 Å². The van der Waals surface area contributed by atoms with Gasteiger partial charge in [0.1, 0.15) is 0 Å². The molecule has 0 aromatic heterocycles. The zero-order chi connectivity index (χ0) is 6.12. The van der Waals surface area contributed by atoms with Crippen molar-refractivity contribution in [2.75, 3.05) is 0 Å². The third-order valence-corrected chi connectivity index (χ3v) is 2.31. The second-order valence-corrected chi connectivity index (χ2v) is 4.10. The fourth-order valence-electron chi connectivity index (χ4n) is 0.0772. The van der Waals surface area contributed by atoms with Crippen molar-refractivity contribution in [3.63, 3.8) is 0 Å². The van der Waals surface area contributed by atoms with E-state index >= 15 is 0 Å². The Bertz CT molecular complexity index is 44.9. The molecule has 0 radical (unpaired) electrons. The molecular formula is C3H7BrCl3HfMgN. The molecule has 0 spiro atoms. The average Bonchev–Trinajstić information content (AvgIpc) is 1.75. The van der Waals surface area contributed by atoms with Crippen LogP contribution in [-0.4, -0.2) is 18.2 Å². The Morgan fingerprint density at radius 3 is 1.70 bits per heavy atom. The summed E-state index contributed by atoms with van der Waals surface area (Å²) in [5.74, 6) is 0. The van der Waals surface area contributed by atoms with Gasteiger partial charge < -0.3 is 50.1 Å². The summed E-state index contributed by atoms with van der Waals surface area (Å²) in [5, 5.41) is 0. The molecule has 0 aliphatic rings. The number of halogens is 4. The molecule has 0 bridgehead atoms. The van der Waals surface area contributed by atoms with Crippen LogP contribution in [0.3, 0.4) is 0 Å². The van der Waals surface area contributed by atoms with E-state index in [9.17, 15) is 0 Å². The van der Waals surface area contributed by atoms with Gasteiger partial charge in [0, 0.05) is 0 Å². The van der Waals surface area contributed by atoms with Crippen LogP contribution in [0.4, 0.5) is 0 Å². The Balaban J connectivity index is -0.0000000154. The number of allylic oxidation sites excluding steroid dienone is 1. The second kappa shape index (κ2) is 41.3. The zero-order valence-electron chi connectivity index (χ0n) is 5.29. The van der Waals surface area contributed by atoms with Crippen molar-refractivity contribution >= 4 is 31.1 Å². The molecule has 0 amide bonds. The minimum atomic E-state index is 0. The number of nitrogens with two attached hydrogens (primary N) is 1. The van der Waals surface area contributed by atoms with Crippen molar-refractivity contribution in [3.05, 3.63) is 12.7 Å². The van der Waals surface area contributed by atoms with E-state index in [1.165, 1.54) is 4.55 Å². The molecule has 0 saturated carbocycles. The van der Waals surface area contributed by atoms with Gasteiger partial charge >= 0.3 is 46.6 Å². The molecule has 0 saturated heterocycles. The first-order valence-corrected chi connectivity index (χ1v) is 8.85. The van der Waals surface area contributed by atoms with Crippen molar-refractivity contribution in [2.45, 2.75) is 4.55 Å².